The van der Waals surface area contributed by atoms with E-state index >= 15 is 0 Å². The number of hydrogen-bond donors (Lipinski definition) is 0. The molecule has 0 fully saturated rings. The summed E-state index contributed by atoms with van der Waals surface area (Å²) in [5.74, 6) is 0.344. The van der Waals surface area contributed by atoms with Gasteiger partial charge in [-0.05, 0) is 23.8 Å². The fourth-order valence-corrected chi connectivity index (χ4v) is 1.39. The van der Waals surface area contributed by atoms with Crippen molar-refractivity contribution in [2.24, 2.45) is 11.8 Å². The molecule has 0 aromatic carbocycles. The number of alkyl halides is 2. The summed E-state index contributed by atoms with van der Waals surface area (Å²) in [7, 11) is 0. The molecule has 0 radical (unpaired) electrons. The third kappa shape index (κ3) is 3.88. The molecule has 13 heavy (non-hydrogen) atoms. The third-order valence-electron chi connectivity index (χ3n) is 2.72. The summed E-state index contributed by atoms with van der Waals surface area (Å²) in [4.78, 5) is 0. The van der Waals surface area contributed by atoms with Crippen molar-refractivity contribution in [3.05, 3.63) is 11.6 Å². The summed E-state index contributed by atoms with van der Waals surface area (Å²) in [6.07, 6.45) is 1.03. The van der Waals surface area contributed by atoms with E-state index in [4.69, 9.17) is 0 Å². The van der Waals surface area contributed by atoms with E-state index in [0.29, 0.717) is 17.9 Å². The minimum atomic E-state index is -2.29. The Bertz CT molecular complexity index is 161. The molecule has 0 nitrogen and oxygen atoms in total. The SMILES string of the molecule is CC/C=C(/C(F)F)C(C)[C@@H](C)CC. The second-order valence-corrected chi connectivity index (χ2v) is 3.59. The van der Waals surface area contributed by atoms with Crippen LogP contribution in [0.5, 0.6) is 0 Å². The maximum Gasteiger partial charge on any atom is 0.260 e. The van der Waals surface area contributed by atoms with Crippen LogP contribution in [0.15, 0.2) is 11.6 Å². The van der Waals surface area contributed by atoms with Gasteiger partial charge >= 0.3 is 0 Å². The van der Waals surface area contributed by atoms with Gasteiger partial charge in [0.25, 0.3) is 6.43 Å². The molecule has 0 aliphatic rings. The van der Waals surface area contributed by atoms with Gasteiger partial charge in [-0.1, -0.05) is 40.2 Å². The Morgan fingerprint density at radius 1 is 1.23 bits per heavy atom. The van der Waals surface area contributed by atoms with Crippen LogP contribution in [-0.4, -0.2) is 6.43 Å². The van der Waals surface area contributed by atoms with E-state index < -0.39 is 6.43 Å². The molecule has 0 aliphatic heterocycles. The summed E-state index contributed by atoms with van der Waals surface area (Å²) in [6.45, 7) is 7.85. The monoisotopic (exact) mass is 190 g/mol. The molecule has 0 saturated carbocycles. The van der Waals surface area contributed by atoms with Crippen LogP contribution in [0.4, 0.5) is 8.78 Å². The van der Waals surface area contributed by atoms with Crippen molar-refractivity contribution in [3.63, 3.8) is 0 Å². The van der Waals surface area contributed by atoms with E-state index in [9.17, 15) is 8.78 Å². The van der Waals surface area contributed by atoms with Crippen molar-refractivity contribution in [2.45, 2.75) is 47.0 Å². The zero-order chi connectivity index (χ0) is 10.4. The number of halogens is 2. The van der Waals surface area contributed by atoms with E-state index in [1.807, 2.05) is 27.7 Å². The van der Waals surface area contributed by atoms with Crippen molar-refractivity contribution in [2.75, 3.05) is 0 Å². The normalized spacial score (nSPS) is 17.6. The first-order chi connectivity index (χ1) is 6.04. The molecule has 0 rings (SSSR count). The van der Waals surface area contributed by atoms with Gasteiger partial charge in [-0.2, -0.15) is 0 Å². The van der Waals surface area contributed by atoms with Crippen LogP contribution in [0.1, 0.15) is 40.5 Å². The van der Waals surface area contributed by atoms with E-state index in [0.717, 1.165) is 6.42 Å². The highest BCUT2D eigenvalue weighted by Gasteiger charge is 2.21. The Hall–Kier alpha value is -0.400. The van der Waals surface area contributed by atoms with Crippen LogP contribution in [0.25, 0.3) is 0 Å². The Morgan fingerprint density at radius 3 is 2.08 bits per heavy atom. The van der Waals surface area contributed by atoms with E-state index in [2.05, 4.69) is 0 Å². The topological polar surface area (TPSA) is 0 Å². The third-order valence-corrected chi connectivity index (χ3v) is 2.72. The van der Waals surface area contributed by atoms with Crippen molar-refractivity contribution < 1.29 is 8.78 Å². The predicted molar refractivity (Wildman–Crippen MR) is 53.0 cm³/mol. The van der Waals surface area contributed by atoms with Crippen LogP contribution in [0.3, 0.4) is 0 Å². The average molecular weight is 190 g/mol. The quantitative estimate of drug-likeness (QED) is 0.568. The molecule has 0 spiro atoms. The molecule has 0 aliphatic carbocycles. The summed E-state index contributed by atoms with van der Waals surface area (Å²) in [5, 5.41) is 0. The van der Waals surface area contributed by atoms with Gasteiger partial charge < -0.3 is 0 Å². The molecular weight excluding hydrogens is 170 g/mol. The van der Waals surface area contributed by atoms with Gasteiger partial charge in [0.15, 0.2) is 0 Å². The molecule has 0 heterocycles. The van der Waals surface area contributed by atoms with Gasteiger partial charge in [-0.25, -0.2) is 8.78 Å². The van der Waals surface area contributed by atoms with Crippen molar-refractivity contribution in [3.8, 4) is 0 Å². The lowest BCUT2D eigenvalue weighted by molar-refractivity contribution is 0.166. The van der Waals surface area contributed by atoms with Crippen LogP contribution < -0.4 is 0 Å². The number of hydrogen-bond acceptors (Lipinski definition) is 0. The standard InChI is InChI=1S/C11H20F2/c1-5-7-10(11(12)13)9(4)8(3)6-2/h7-9,11H,5-6H2,1-4H3/b10-7+/t8-,9?/m0/s1. The highest BCUT2D eigenvalue weighted by molar-refractivity contribution is 5.09. The highest BCUT2D eigenvalue weighted by Crippen LogP contribution is 2.27. The summed E-state index contributed by atoms with van der Waals surface area (Å²) in [6, 6.07) is 0. The van der Waals surface area contributed by atoms with E-state index in [-0.39, 0.29) is 5.92 Å². The molecule has 1 unspecified atom stereocenters. The number of allylic oxidation sites excluding steroid dienone is 2. The fourth-order valence-electron chi connectivity index (χ4n) is 1.39. The van der Waals surface area contributed by atoms with E-state index in [1.165, 1.54) is 0 Å². The molecule has 2 heteroatoms. The zero-order valence-corrected chi connectivity index (χ0v) is 8.98. The second-order valence-electron chi connectivity index (χ2n) is 3.59. The summed E-state index contributed by atoms with van der Waals surface area (Å²) >= 11 is 0. The van der Waals surface area contributed by atoms with Gasteiger partial charge in [0.1, 0.15) is 0 Å². The molecule has 0 N–H and O–H groups in total. The molecular formula is C11H20F2. The molecule has 0 aromatic heterocycles. The molecule has 78 valence electrons. The zero-order valence-electron chi connectivity index (χ0n) is 8.98. The Labute approximate surface area is 80.0 Å². The fraction of sp³-hybridized carbons (Fsp3) is 0.818. The van der Waals surface area contributed by atoms with Crippen LogP contribution >= 0.6 is 0 Å². The minimum Gasteiger partial charge on any atom is -0.205 e. The Kier molecular flexibility index (Phi) is 5.93. The second kappa shape index (κ2) is 6.11. The van der Waals surface area contributed by atoms with Crippen LogP contribution in [0, 0.1) is 11.8 Å². The van der Waals surface area contributed by atoms with Crippen LogP contribution in [0.2, 0.25) is 0 Å². The van der Waals surface area contributed by atoms with Crippen LogP contribution in [-0.2, 0) is 0 Å². The molecule has 2 atom stereocenters. The first kappa shape index (κ1) is 12.6. The van der Waals surface area contributed by atoms with Gasteiger partial charge in [0.05, 0.1) is 0 Å². The van der Waals surface area contributed by atoms with Gasteiger partial charge in [0.2, 0.25) is 0 Å². The highest BCUT2D eigenvalue weighted by atomic mass is 19.3. The molecule has 0 amide bonds. The first-order valence-corrected chi connectivity index (χ1v) is 5.02. The molecule has 0 bridgehead atoms. The molecule has 0 aromatic rings. The minimum absolute atomic E-state index is 0.00458. The van der Waals surface area contributed by atoms with Crippen molar-refractivity contribution in [1.29, 1.82) is 0 Å². The Morgan fingerprint density at radius 2 is 1.77 bits per heavy atom. The van der Waals surface area contributed by atoms with Gasteiger partial charge in [-0.3, -0.25) is 0 Å². The predicted octanol–water partition coefficient (Wildman–Crippen LogP) is 4.27. The molecule has 0 saturated heterocycles. The van der Waals surface area contributed by atoms with Gasteiger partial charge in [0, 0.05) is 0 Å². The summed E-state index contributed by atoms with van der Waals surface area (Å²) in [5.41, 5.74) is 0.317. The van der Waals surface area contributed by atoms with Gasteiger partial charge in [-0.15, -0.1) is 0 Å². The lowest BCUT2D eigenvalue weighted by Gasteiger charge is -2.21. The smallest absolute Gasteiger partial charge is 0.205 e. The largest absolute Gasteiger partial charge is 0.260 e. The lowest BCUT2D eigenvalue weighted by atomic mass is 9.86. The van der Waals surface area contributed by atoms with E-state index in [1.54, 1.807) is 6.08 Å². The van der Waals surface area contributed by atoms with Crippen molar-refractivity contribution >= 4 is 0 Å². The number of rotatable bonds is 5. The maximum absolute atomic E-state index is 12.6. The Balaban J connectivity index is 4.46. The summed E-state index contributed by atoms with van der Waals surface area (Å²) < 4.78 is 25.1. The first-order valence-electron chi connectivity index (χ1n) is 5.02. The van der Waals surface area contributed by atoms with Crippen molar-refractivity contribution in [1.82, 2.24) is 0 Å². The average Bonchev–Trinajstić information content (AvgIpc) is 2.11. The maximum atomic E-state index is 12.6. The lowest BCUT2D eigenvalue weighted by Crippen LogP contribution is -2.15.